The van der Waals surface area contributed by atoms with Gasteiger partial charge >= 0.3 is 17.9 Å². The number of rotatable bonds is 11. The van der Waals surface area contributed by atoms with Gasteiger partial charge < -0.3 is 50.0 Å². The minimum Gasteiger partial charge on any atom is -0.407 e. The van der Waals surface area contributed by atoms with E-state index in [1.165, 1.54) is 32.0 Å². The highest BCUT2D eigenvalue weighted by molar-refractivity contribution is 7.89. The first-order valence-corrected chi connectivity index (χ1v) is 15.9. The van der Waals surface area contributed by atoms with Crippen molar-refractivity contribution in [1.82, 2.24) is 14.8 Å². The molecule has 46 heavy (non-hydrogen) atoms. The standard InChI is InChI=1S/C29H37N3O13S/c1-4-27(35,36)32(46(40,41)19-10-11-23-20(15-19)17(2)31-44-23)16-22(33)21(14-18-8-6-5-7-9-18)30-25(34)43-28(37)24-12-13-42-26(24,3)45-29(28,38)39/h5-11,15,21-22,24,33,35-39H,4,12-14,16H2,1-3H3,(H,30,34). The van der Waals surface area contributed by atoms with Crippen LogP contribution in [0.5, 0.6) is 0 Å². The van der Waals surface area contributed by atoms with Crippen LogP contribution in [0.15, 0.2) is 57.9 Å². The fourth-order valence-electron chi connectivity index (χ4n) is 5.82. The average molecular weight is 668 g/mol. The molecule has 252 valence electrons. The number of nitrogens with one attached hydrogen (secondary N) is 1. The third-order valence-electron chi connectivity index (χ3n) is 8.46. The highest BCUT2D eigenvalue weighted by Crippen LogP contribution is 2.53. The highest BCUT2D eigenvalue weighted by atomic mass is 32.2. The smallest absolute Gasteiger partial charge is 0.407 e. The fraction of sp³-hybridized carbons (Fsp3) is 0.517. The van der Waals surface area contributed by atoms with Gasteiger partial charge in [0.05, 0.1) is 35.3 Å². The summed E-state index contributed by atoms with van der Waals surface area (Å²) in [5.74, 6) is -12.2. The Hall–Kier alpha value is -3.23. The maximum atomic E-state index is 13.9. The number of sulfonamides is 1. The van der Waals surface area contributed by atoms with Crippen molar-refractivity contribution in [2.24, 2.45) is 5.92 Å². The average Bonchev–Trinajstić information content (AvgIpc) is 3.60. The molecule has 7 N–H and O–H groups in total. The number of nitrogens with zero attached hydrogens (tertiary/aromatic N) is 2. The molecule has 1 aromatic heterocycles. The van der Waals surface area contributed by atoms with Crippen molar-refractivity contribution in [3.63, 3.8) is 0 Å². The van der Waals surface area contributed by atoms with Crippen LogP contribution in [0.1, 0.15) is 37.9 Å². The van der Waals surface area contributed by atoms with Crippen LogP contribution >= 0.6 is 0 Å². The Morgan fingerprint density at radius 2 is 1.89 bits per heavy atom. The maximum absolute atomic E-state index is 13.9. The first-order chi connectivity index (χ1) is 21.4. The van der Waals surface area contributed by atoms with Crippen LogP contribution in [0.3, 0.4) is 0 Å². The molecule has 0 spiro atoms. The van der Waals surface area contributed by atoms with E-state index >= 15 is 0 Å². The molecule has 2 saturated heterocycles. The van der Waals surface area contributed by atoms with Crippen LogP contribution < -0.4 is 5.32 Å². The predicted octanol–water partition coefficient (Wildman–Crippen LogP) is -0.0164. The minimum atomic E-state index is -4.72. The second-order valence-corrected chi connectivity index (χ2v) is 13.5. The molecule has 2 aromatic carbocycles. The lowest BCUT2D eigenvalue weighted by molar-refractivity contribution is -0.447. The molecule has 0 aliphatic carbocycles. The summed E-state index contributed by atoms with van der Waals surface area (Å²) in [4.78, 5) is 12.9. The van der Waals surface area contributed by atoms with Gasteiger partial charge in [-0.25, -0.2) is 13.2 Å². The van der Waals surface area contributed by atoms with Gasteiger partial charge in [0, 0.05) is 18.4 Å². The van der Waals surface area contributed by atoms with E-state index in [1.807, 2.05) is 0 Å². The Kier molecular flexibility index (Phi) is 8.97. The highest BCUT2D eigenvalue weighted by Gasteiger charge is 2.75. The van der Waals surface area contributed by atoms with Gasteiger partial charge in [0.2, 0.25) is 15.9 Å². The lowest BCUT2D eigenvalue weighted by atomic mass is 9.91. The molecule has 5 unspecified atom stereocenters. The van der Waals surface area contributed by atoms with Crippen LogP contribution in [0.25, 0.3) is 11.0 Å². The minimum absolute atomic E-state index is 0.0400. The van der Waals surface area contributed by atoms with Crippen molar-refractivity contribution in [3.8, 4) is 0 Å². The molecule has 2 aliphatic heterocycles. The predicted molar refractivity (Wildman–Crippen MR) is 155 cm³/mol. The molecular weight excluding hydrogens is 630 g/mol. The fourth-order valence-corrected chi connectivity index (χ4v) is 7.45. The Morgan fingerprint density at radius 1 is 1.20 bits per heavy atom. The van der Waals surface area contributed by atoms with E-state index in [1.54, 1.807) is 37.3 Å². The number of amides is 1. The first-order valence-electron chi connectivity index (χ1n) is 14.5. The molecule has 5 atom stereocenters. The van der Waals surface area contributed by atoms with Crippen molar-refractivity contribution in [3.05, 3.63) is 59.8 Å². The van der Waals surface area contributed by atoms with E-state index in [4.69, 9.17) is 18.7 Å². The molecule has 17 heteroatoms. The van der Waals surface area contributed by atoms with Crippen LogP contribution in [0.2, 0.25) is 0 Å². The summed E-state index contributed by atoms with van der Waals surface area (Å²) in [5.41, 5.74) is 1.27. The summed E-state index contributed by atoms with van der Waals surface area (Å²) in [6, 6.07) is 10.8. The maximum Gasteiger partial charge on any atom is 0.410 e. The van der Waals surface area contributed by atoms with Gasteiger partial charge in [-0.2, -0.15) is 0 Å². The molecular formula is C29H37N3O13S. The molecule has 0 bridgehead atoms. The Morgan fingerprint density at radius 3 is 2.57 bits per heavy atom. The zero-order chi connectivity index (χ0) is 33.7. The third kappa shape index (κ3) is 6.11. The van der Waals surface area contributed by atoms with Crippen molar-refractivity contribution in [2.75, 3.05) is 13.2 Å². The second kappa shape index (κ2) is 12.1. The summed E-state index contributed by atoms with van der Waals surface area (Å²) in [7, 11) is -4.72. The number of benzene rings is 2. The van der Waals surface area contributed by atoms with E-state index in [0.29, 0.717) is 26.5 Å². The van der Waals surface area contributed by atoms with E-state index in [2.05, 4.69) is 10.5 Å². The SMILES string of the molecule is CCC(O)(O)N(CC(O)C(Cc1ccccc1)NC(=O)OC1(O)C2CCOC2(C)OC1(O)O)S(=O)(=O)c1ccc2onc(C)c2c1. The second-order valence-electron chi connectivity index (χ2n) is 11.6. The Bertz CT molecular complexity index is 1680. The number of aryl methyl sites for hydroxylation is 1. The first kappa shape index (κ1) is 34.1. The van der Waals surface area contributed by atoms with Gasteiger partial charge in [0.15, 0.2) is 11.4 Å². The normalized spacial score (nSPS) is 25.8. The van der Waals surface area contributed by atoms with Gasteiger partial charge in [-0.15, -0.1) is 4.31 Å². The van der Waals surface area contributed by atoms with Crippen LogP contribution in [-0.2, 0) is 30.7 Å². The quantitative estimate of drug-likeness (QED) is 0.133. The van der Waals surface area contributed by atoms with Crippen molar-refractivity contribution in [1.29, 1.82) is 0 Å². The van der Waals surface area contributed by atoms with E-state index < -0.39 is 70.6 Å². The molecule has 0 saturated carbocycles. The third-order valence-corrected chi connectivity index (χ3v) is 10.3. The molecule has 2 fully saturated rings. The van der Waals surface area contributed by atoms with E-state index in [9.17, 15) is 43.9 Å². The largest absolute Gasteiger partial charge is 0.410 e. The molecule has 2 aliphatic rings. The summed E-state index contributed by atoms with van der Waals surface area (Å²) in [5, 5.41) is 71.6. The summed E-state index contributed by atoms with van der Waals surface area (Å²) < 4.78 is 48.7. The monoisotopic (exact) mass is 667 g/mol. The Balaban J connectivity index is 1.44. The molecule has 0 radical (unpaired) electrons. The Labute approximate surface area is 263 Å². The van der Waals surface area contributed by atoms with Gasteiger partial charge in [0.1, 0.15) is 0 Å². The van der Waals surface area contributed by atoms with E-state index in [0.717, 1.165) is 0 Å². The molecule has 3 heterocycles. The number of carbonyl (C=O) groups excluding carboxylic acids is 1. The van der Waals surface area contributed by atoms with Crippen molar-refractivity contribution in [2.45, 2.75) is 80.5 Å². The zero-order valence-corrected chi connectivity index (χ0v) is 26.0. The summed E-state index contributed by atoms with van der Waals surface area (Å²) >= 11 is 0. The number of ether oxygens (including phenoxy) is 3. The number of alkyl carbamates (subject to hydrolysis) is 1. The number of fused-ring (bicyclic) bond motifs is 2. The van der Waals surface area contributed by atoms with Crippen LogP contribution in [0.4, 0.5) is 4.79 Å². The lowest BCUT2D eigenvalue weighted by Crippen LogP contribution is -2.60. The number of hydrogen-bond acceptors (Lipinski definition) is 14. The molecule has 16 nitrogen and oxygen atoms in total. The topological polar surface area (TPSA) is 242 Å². The van der Waals surface area contributed by atoms with Crippen LogP contribution in [0, 0.1) is 12.8 Å². The van der Waals surface area contributed by atoms with E-state index in [-0.39, 0.29) is 24.3 Å². The number of carbonyl (C=O) groups is 1. The van der Waals surface area contributed by atoms with Crippen LogP contribution in [-0.4, -0.2) is 103 Å². The van der Waals surface area contributed by atoms with Gasteiger partial charge in [-0.05, 0) is 50.5 Å². The summed E-state index contributed by atoms with van der Waals surface area (Å²) in [6.45, 7) is 3.39. The van der Waals surface area contributed by atoms with Gasteiger partial charge in [-0.1, -0.05) is 42.4 Å². The number of aliphatic hydroxyl groups is 6. The van der Waals surface area contributed by atoms with Gasteiger partial charge in [-0.3, -0.25) is 4.74 Å². The molecule has 5 rings (SSSR count). The zero-order valence-electron chi connectivity index (χ0n) is 25.2. The van der Waals surface area contributed by atoms with Crippen molar-refractivity contribution >= 4 is 27.1 Å². The lowest BCUT2D eigenvalue weighted by Gasteiger charge is -2.37. The number of aliphatic hydroxyl groups excluding tert-OH is 1. The molecule has 3 aromatic rings. The summed E-state index contributed by atoms with van der Waals surface area (Å²) in [6.07, 6.45) is -3.84. The van der Waals surface area contributed by atoms with Gasteiger partial charge in [0.25, 0.3) is 0 Å². The number of hydrogen-bond donors (Lipinski definition) is 7. The number of aromatic nitrogens is 1. The molecule has 1 amide bonds. The van der Waals surface area contributed by atoms with Crippen molar-refractivity contribution < 1.29 is 62.6 Å².